The molecule has 1 N–H and O–H groups in total. The number of nitrogens with zero attached hydrogens (tertiary/aromatic N) is 2. The van der Waals surface area contributed by atoms with Crippen LogP contribution in [0.4, 0.5) is 0 Å². The summed E-state index contributed by atoms with van der Waals surface area (Å²) in [4.78, 5) is 29.9. The monoisotopic (exact) mass is 332 g/mol. The highest BCUT2D eigenvalue weighted by Gasteiger charge is 2.35. The third-order valence-corrected chi connectivity index (χ3v) is 4.66. The van der Waals surface area contributed by atoms with E-state index < -0.39 is 12.0 Å². The lowest BCUT2D eigenvalue weighted by molar-refractivity contribution is -0.142. The molecule has 1 aromatic heterocycles. The number of carbonyl (C=O) groups excluding carboxylic acids is 1. The summed E-state index contributed by atoms with van der Waals surface area (Å²) >= 11 is 1.33. The third-order valence-electron chi connectivity index (χ3n) is 3.83. The number of carbonyl (C=O) groups is 2. The first-order valence-electron chi connectivity index (χ1n) is 7.14. The normalized spacial score (nSPS) is 16.9. The maximum atomic E-state index is 12.7. The molecule has 0 aliphatic carbocycles. The molecule has 120 valence electrons. The van der Waals surface area contributed by atoms with E-state index in [2.05, 4.69) is 4.98 Å². The smallest absolute Gasteiger partial charge is 0.326 e. The second-order valence-electron chi connectivity index (χ2n) is 5.32. The minimum atomic E-state index is -1.000. The van der Waals surface area contributed by atoms with Crippen LogP contribution >= 0.6 is 11.3 Å². The second kappa shape index (κ2) is 6.47. The second-order valence-corrected chi connectivity index (χ2v) is 6.26. The lowest BCUT2D eigenvalue weighted by Crippen LogP contribution is -2.48. The highest BCUT2D eigenvalue weighted by Crippen LogP contribution is 2.25. The van der Waals surface area contributed by atoms with Crippen LogP contribution in [0.5, 0.6) is 0 Å². The molecule has 1 aliphatic heterocycles. The van der Waals surface area contributed by atoms with Crippen LogP contribution in [-0.4, -0.2) is 40.0 Å². The predicted molar refractivity (Wildman–Crippen MR) is 84.3 cm³/mol. The Bertz CT molecular complexity index is 743. The molecular formula is C16H16N2O4S. The number of thiazole rings is 1. The van der Waals surface area contributed by atoms with Gasteiger partial charge in [-0.15, -0.1) is 11.3 Å². The Balaban J connectivity index is 1.89. The van der Waals surface area contributed by atoms with Crippen LogP contribution in [0.2, 0.25) is 0 Å². The summed E-state index contributed by atoms with van der Waals surface area (Å²) in [5, 5.41) is 11.8. The zero-order valence-electron chi connectivity index (χ0n) is 12.6. The molecule has 1 aromatic carbocycles. The van der Waals surface area contributed by atoms with Crippen molar-refractivity contribution in [3.8, 4) is 0 Å². The highest BCUT2D eigenvalue weighted by molar-refractivity contribution is 7.09. The number of carboxylic acids is 1. The Hall–Kier alpha value is -2.25. The van der Waals surface area contributed by atoms with Crippen LogP contribution in [0.15, 0.2) is 29.6 Å². The number of aromatic nitrogens is 1. The fourth-order valence-corrected chi connectivity index (χ4v) is 3.44. The van der Waals surface area contributed by atoms with E-state index in [4.69, 9.17) is 4.74 Å². The number of benzene rings is 1. The van der Waals surface area contributed by atoms with Crippen molar-refractivity contribution in [2.75, 3.05) is 7.11 Å². The van der Waals surface area contributed by atoms with E-state index in [-0.39, 0.29) is 18.1 Å². The van der Waals surface area contributed by atoms with Crippen molar-refractivity contribution in [3.05, 3.63) is 51.5 Å². The van der Waals surface area contributed by atoms with E-state index in [0.29, 0.717) is 18.0 Å². The van der Waals surface area contributed by atoms with Gasteiger partial charge < -0.3 is 14.7 Å². The van der Waals surface area contributed by atoms with Gasteiger partial charge in [-0.2, -0.15) is 0 Å². The van der Waals surface area contributed by atoms with Gasteiger partial charge >= 0.3 is 5.97 Å². The van der Waals surface area contributed by atoms with Gasteiger partial charge in [0.2, 0.25) is 0 Å². The first-order valence-corrected chi connectivity index (χ1v) is 8.02. The number of hydrogen-bond acceptors (Lipinski definition) is 5. The maximum absolute atomic E-state index is 12.7. The fraction of sp³-hybridized carbons (Fsp3) is 0.312. The third kappa shape index (κ3) is 3.11. The first kappa shape index (κ1) is 15.6. The Labute approximate surface area is 137 Å². The fourth-order valence-electron chi connectivity index (χ4n) is 2.70. The number of fused-ring (bicyclic) bond motifs is 1. The number of rotatable bonds is 4. The van der Waals surface area contributed by atoms with E-state index in [0.717, 1.165) is 11.1 Å². The van der Waals surface area contributed by atoms with E-state index in [9.17, 15) is 14.7 Å². The molecule has 1 amide bonds. The standard InChI is InChI=1S/C16H16N2O4S/c1-22-8-14-17-12(9-23-14)15(19)18-7-11-5-3-2-4-10(11)6-13(18)16(20)21/h2-5,9,13H,6-8H2,1H3,(H,20,21). The summed E-state index contributed by atoms with van der Waals surface area (Å²) in [6.07, 6.45) is 0.312. The average Bonchev–Trinajstić information content (AvgIpc) is 3.02. The van der Waals surface area contributed by atoms with E-state index in [1.165, 1.54) is 16.2 Å². The van der Waals surface area contributed by atoms with Gasteiger partial charge in [-0.25, -0.2) is 9.78 Å². The summed E-state index contributed by atoms with van der Waals surface area (Å²) in [5.41, 5.74) is 2.22. The van der Waals surface area contributed by atoms with Crippen molar-refractivity contribution in [2.45, 2.75) is 25.6 Å². The minimum absolute atomic E-state index is 0.271. The number of ether oxygens (including phenoxy) is 1. The van der Waals surface area contributed by atoms with Crippen LogP contribution in [0.1, 0.15) is 26.6 Å². The van der Waals surface area contributed by atoms with Gasteiger partial charge in [-0.05, 0) is 11.1 Å². The van der Waals surface area contributed by atoms with Gasteiger partial charge in [0.1, 0.15) is 16.7 Å². The number of amides is 1. The summed E-state index contributed by atoms with van der Waals surface area (Å²) in [6.45, 7) is 0.617. The zero-order valence-corrected chi connectivity index (χ0v) is 13.4. The van der Waals surface area contributed by atoms with Crippen molar-refractivity contribution in [1.29, 1.82) is 0 Å². The van der Waals surface area contributed by atoms with E-state index in [1.807, 2.05) is 24.3 Å². The van der Waals surface area contributed by atoms with Crippen molar-refractivity contribution >= 4 is 23.2 Å². The summed E-state index contributed by atoms with van der Waals surface area (Å²) < 4.78 is 5.00. The molecule has 1 atom stereocenters. The van der Waals surface area contributed by atoms with Gasteiger partial charge in [0.25, 0.3) is 5.91 Å². The molecule has 0 radical (unpaired) electrons. The molecule has 0 saturated carbocycles. The summed E-state index contributed by atoms with van der Waals surface area (Å²) in [6, 6.07) is 6.73. The van der Waals surface area contributed by atoms with Crippen LogP contribution in [-0.2, 0) is 29.1 Å². The molecule has 1 unspecified atom stereocenters. The summed E-state index contributed by atoms with van der Waals surface area (Å²) in [7, 11) is 1.56. The summed E-state index contributed by atoms with van der Waals surface area (Å²) in [5.74, 6) is -1.36. The van der Waals surface area contributed by atoms with Crippen molar-refractivity contribution in [3.63, 3.8) is 0 Å². The highest BCUT2D eigenvalue weighted by atomic mass is 32.1. The van der Waals surface area contributed by atoms with Crippen LogP contribution in [0.25, 0.3) is 0 Å². The first-order chi connectivity index (χ1) is 11.1. The van der Waals surface area contributed by atoms with Gasteiger partial charge in [0, 0.05) is 25.5 Å². The van der Waals surface area contributed by atoms with Crippen molar-refractivity contribution < 1.29 is 19.4 Å². The van der Waals surface area contributed by atoms with Crippen LogP contribution < -0.4 is 0 Å². The van der Waals surface area contributed by atoms with Gasteiger partial charge in [0.05, 0.1) is 6.61 Å². The molecule has 3 rings (SSSR count). The van der Waals surface area contributed by atoms with Crippen LogP contribution in [0, 0.1) is 0 Å². The molecule has 0 fully saturated rings. The number of aliphatic carboxylic acids is 1. The molecule has 0 spiro atoms. The number of carboxylic acid groups (broad SMARTS) is 1. The van der Waals surface area contributed by atoms with Gasteiger partial charge in [-0.1, -0.05) is 24.3 Å². The van der Waals surface area contributed by atoms with Crippen molar-refractivity contribution in [2.24, 2.45) is 0 Å². The molecule has 7 heteroatoms. The minimum Gasteiger partial charge on any atom is -0.480 e. The molecule has 1 aliphatic rings. The molecule has 2 heterocycles. The molecule has 6 nitrogen and oxygen atoms in total. The quantitative estimate of drug-likeness (QED) is 0.925. The molecular weight excluding hydrogens is 316 g/mol. The van der Waals surface area contributed by atoms with Crippen LogP contribution in [0.3, 0.4) is 0 Å². The molecule has 0 saturated heterocycles. The van der Waals surface area contributed by atoms with E-state index >= 15 is 0 Å². The molecule has 23 heavy (non-hydrogen) atoms. The van der Waals surface area contributed by atoms with E-state index in [1.54, 1.807) is 12.5 Å². The lowest BCUT2D eigenvalue weighted by Gasteiger charge is -2.34. The largest absolute Gasteiger partial charge is 0.480 e. The maximum Gasteiger partial charge on any atom is 0.326 e. The Morgan fingerprint density at radius 3 is 2.83 bits per heavy atom. The van der Waals surface area contributed by atoms with Gasteiger partial charge in [-0.3, -0.25) is 4.79 Å². The molecule has 0 bridgehead atoms. The topological polar surface area (TPSA) is 79.7 Å². The molecule has 2 aromatic rings. The van der Waals surface area contributed by atoms with Crippen molar-refractivity contribution in [1.82, 2.24) is 9.88 Å². The lowest BCUT2D eigenvalue weighted by atomic mass is 9.94. The SMILES string of the molecule is COCc1nc(C(=O)N2Cc3ccccc3CC2C(=O)O)cs1. The van der Waals surface area contributed by atoms with Gasteiger partial charge in [0.15, 0.2) is 0 Å². The Kier molecular flexibility index (Phi) is 4.40. The zero-order chi connectivity index (χ0) is 16.4. The Morgan fingerprint density at radius 2 is 2.13 bits per heavy atom. The number of hydrogen-bond donors (Lipinski definition) is 1. The Morgan fingerprint density at radius 1 is 1.39 bits per heavy atom. The average molecular weight is 332 g/mol. The number of methoxy groups -OCH3 is 1. The predicted octanol–water partition coefficient (Wildman–Crippen LogP) is 1.94.